The molecule has 6 heteroatoms. The van der Waals surface area contributed by atoms with Gasteiger partial charge in [0.05, 0.1) is 11.8 Å². The second-order valence-electron chi connectivity index (χ2n) is 3.96. The molecule has 1 fully saturated rings. The molecule has 2 heterocycles. The van der Waals surface area contributed by atoms with E-state index in [2.05, 4.69) is 15.9 Å². The van der Waals surface area contributed by atoms with E-state index < -0.39 is 12.0 Å². The number of likely N-dealkylation sites (tertiary alicyclic amines) is 1. The van der Waals surface area contributed by atoms with Crippen LogP contribution in [0.4, 0.5) is 0 Å². The lowest BCUT2D eigenvalue weighted by Gasteiger charge is -2.32. The molecule has 0 saturated carbocycles. The first-order chi connectivity index (χ1) is 8.11. The van der Waals surface area contributed by atoms with Crippen molar-refractivity contribution >= 4 is 27.8 Å². The second kappa shape index (κ2) is 4.91. The summed E-state index contributed by atoms with van der Waals surface area (Å²) in [6.45, 7) is 0.480. The molecule has 2 rings (SSSR count). The summed E-state index contributed by atoms with van der Waals surface area (Å²) in [4.78, 5) is 24.7. The number of carboxylic acids is 1. The van der Waals surface area contributed by atoms with Gasteiger partial charge in [-0.05, 0) is 41.3 Å². The number of hydrogen-bond donors (Lipinski definition) is 1. The van der Waals surface area contributed by atoms with Gasteiger partial charge < -0.3 is 14.4 Å². The van der Waals surface area contributed by atoms with Crippen molar-refractivity contribution < 1.29 is 19.1 Å². The average molecular weight is 302 g/mol. The zero-order chi connectivity index (χ0) is 12.4. The molecule has 17 heavy (non-hydrogen) atoms. The van der Waals surface area contributed by atoms with Gasteiger partial charge in [-0.15, -0.1) is 0 Å². The lowest BCUT2D eigenvalue weighted by Crippen LogP contribution is -2.47. The fourth-order valence-corrected chi connectivity index (χ4v) is 2.44. The number of carbonyl (C=O) groups is 2. The Morgan fingerprint density at radius 1 is 1.47 bits per heavy atom. The summed E-state index contributed by atoms with van der Waals surface area (Å²) in [6, 6.07) is 0.818. The van der Waals surface area contributed by atoms with Crippen molar-refractivity contribution in [1.82, 2.24) is 4.90 Å². The average Bonchev–Trinajstić information content (AvgIpc) is 2.74. The van der Waals surface area contributed by atoms with Crippen LogP contribution in [-0.2, 0) is 4.79 Å². The largest absolute Gasteiger partial charge is 0.480 e. The standard InChI is InChI=1S/C11H12BrNO4/c12-9-7(4-6-17-9)10(14)13-5-2-1-3-8(13)11(15)16/h4,6,8H,1-3,5H2,(H,15,16)/t8-/m0/s1. The van der Waals surface area contributed by atoms with E-state index >= 15 is 0 Å². The molecule has 1 aromatic rings. The third kappa shape index (κ3) is 2.36. The number of carboxylic acid groups (broad SMARTS) is 1. The minimum Gasteiger partial charge on any atom is -0.480 e. The number of halogens is 1. The first kappa shape index (κ1) is 12.2. The lowest BCUT2D eigenvalue weighted by atomic mass is 10.0. The van der Waals surface area contributed by atoms with Crippen LogP contribution in [0.2, 0.25) is 0 Å². The Morgan fingerprint density at radius 3 is 2.82 bits per heavy atom. The van der Waals surface area contributed by atoms with Gasteiger partial charge >= 0.3 is 5.97 Å². The van der Waals surface area contributed by atoms with Crippen molar-refractivity contribution in [1.29, 1.82) is 0 Å². The van der Waals surface area contributed by atoms with Crippen molar-refractivity contribution in [2.24, 2.45) is 0 Å². The highest BCUT2D eigenvalue weighted by atomic mass is 79.9. The van der Waals surface area contributed by atoms with Crippen LogP contribution in [0.5, 0.6) is 0 Å². The lowest BCUT2D eigenvalue weighted by molar-refractivity contribution is -0.143. The highest BCUT2D eigenvalue weighted by Crippen LogP contribution is 2.24. The Balaban J connectivity index is 2.23. The Kier molecular flexibility index (Phi) is 3.51. The van der Waals surface area contributed by atoms with Gasteiger partial charge in [-0.3, -0.25) is 4.79 Å². The number of hydrogen-bond acceptors (Lipinski definition) is 3. The minimum absolute atomic E-state index is 0.294. The molecular weight excluding hydrogens is 290 g/mol. The van der Waals surface area contributed by atoms with Crippen LogP contribution < -0.4 is 0 Å². The van der Waals surface area contributed by atoms with Gasteiger partial charge in [0.1, 0.15) is 6.04 Å². The monoisotopic (exact) mass is 301 g/mol. The molecule has 0 aromatic carbocycles. The molecule has 92 valence electrons. The van der Waals surface area contributed by atoms with Gasteiger partial charge in [0.15, 0.2) is 4.67 Å². The van der Waals surface area contributed by atoms with E-state index in [1.54, 1.807) is 6.07 Å². The zero-order valence-corrected chi connectivity index (χ0v) is 10.6. The Morgan fingerprint density at radius 2 is 2.24 bits per heavy atom. The van der Waals surface area contributed by atoms with Crippen molar-refractivity contribution in [2.75, 3.05) is 6.54 Å². The number of aliphatic carboxylic acids is 1. The summed E-state index contributed by atoms with van der Waals surface area (Å²) >= 11 is 3.13. The van der Waals surface area contributed by atoms with E-state index in [9.17, 15) is 9.59 Å². The van der Waals surface area contributed by atoms with Crippen LogP contribution in [-0.4, -0.2) is 34.5 Å². The maximum absolute atomic E-state index is 12.2. The number of amides is 1. The van der Waals surface area contributed by atoms with Crippen molar-refractivity contribution in [3.8, 4) is 0 Å². The first-order valence-electron chi connectivity index (χ1n) is 5.38. The Hall–Kier alpha value is -1.30. The molecule has 1 saturated heterocycles. The Bertz CT molecular complexity index is 442. The molecule has 0 spiro atoms. The van der Waals surface area contributed by atoms with Crippen molar-refractivity contribution in [3.63, 3.8) is 0 Å². The first-order valence-corrected chi connectivity index (χ1v) is 6.17. The highest BCUT2D eigenvalue weighted by molar-refractivity contribution is 9.10. The molecule has 0 radical (unpaired) electrons. The predicted molar refractivity (Wildman–Crippen MR) is 62.7 cm³/mol. The van der Waals surface area contributed by atoms with Gasteiger partial charge in [0, 0.05) is 6.54 Å². The number of carbonyl (C=O) groups excluding carboxylic acids is 1. The number of piperidine rings is 1. The second-order valence-corrected chi connectivity index (χ2v) is 4.68. The normalized spacial score (nSPS) is 20.3. The number of rotatable bonds is 2. The van der Waals surface area contributed by atoms with E-state index in [1.165, 1.54) is 11.2 Å². The van der Waals surface area contributed by atoms with E-state index in [0.717, 1.165) is 12.8 Å². The molecule has 1 aliphatic rings. The molecule has 1 atom stereocenters. The summed E-state index contributed by atoms with van der Waals surface area (Å²) in [5.74, 6) is -1.24. The van der Waals surface area contributed by atoms with Crippen molar-refractivity contribution in [3.05, 3.63) is 22.6 Å². The van der Waals surface area contributed by atoms with Crippen LogP contribution >= 0.6 is 15.9 Å². The minimum atomic E-state index is -0.947. The maximum Gasteiger partial charge on any atom is 0.326 e. The van der Waals surface area contributed by atoms with Gasteiger partial charge in [-0.2, -0.15) is 0 Å². The fraction of sp³-hybridized carbons (Fsp3) is 0.455. The summed E-state index contributed by atoms with van der Waals surface area (Å²) in [5.41, 5.74) is 0.373. The van der Waals surface area contributed by atoms with E-state index in [1.807, 2.05) is 0 Å². The van der Waals surface area contributed by atoms with Gasteiger partial charge in [-0.1, -0.05) is 0 Å². The van der Waals surface area contributed by atoms with E-state index in [-0.39, 0.29) is 5.91 Å². The quantitative estimate of drug-likeness (QED) is 0.908. The van der Waals surface area contributed by atoms with Gasteiger partial charge in [-0.25, -0.2) is 4.79 Å². The molecule has 1 aliphatic heterocycles. The van der Waals surface area contributed by atoms with Gasteiger partial charge in [0.2, 0.25) is 0 Å². The van der Waals surface area contributed by atoms with E-state index in [0.29, 0.717) is 23.2 Å². The third-order valence-corrected chi connectivity index (χ3v) is 3.51. The summed E-state index contributed by atoms with van der Waals surface area (Å²) in [6.07, 6.45) is 3.59. The van der Waals surface area contributed by atoms with Crippen LogP contribution in [0.15, 0.2) is 21.4 Å². The number of furan rings is 1. The highest BCUT2D eigenvalue weighted by Gasteiger charge is 2.33. The van der Waals surface area contributed by atoms with Crippen LogP contribution in [0.3, 0.4) is 0 Å². The van der Waals surface area contributed by atoms with Crippen LogP contribution in [0, 0.1) is 0 Å². The fourth-order valence-electron chi connectivity index (χ4n) is 2.03. The smallest absolute Gasteiger partial charge is 0.326 e. The number of nitrogens with zero attached hydrogens (tertiary/aromatic N) is 1. The molecule has 1 N–H and O–H groups in total. The van der Waals surface area contributed by atoms with Gasteiger partial charge in [0.25, 0.3) is 5.91 Å². The topological polar surface area (TPSA) is 70.8 Å². The summed E-state index contributed by atoms with van der Waals surface area (Å²) in [7, 11) is 0. The molecule has 1 aromatic heterocycles. The molecule has 0 unspecified atom stereocenters. The molecule has 5 nitrogen and oxygen atoms in total. The Labute approximate surface area is 107 Å². The maximum atomic E-state index is 12.2. The SMILES string of the molecule is O=C(O)[C@@H]1CCCCN1C(=O)c1ccoc1Br. The molecular formula is C11H12BrNO4. The van der Waals surface area contributed by atoms with E-state index in [4.69, 9.17) is 9.52 Å². The molecule has 0 aliphatic carbocycles. The summed E-state index contributed by atoms with van der Waals surface area (Å²) < 4.78 is 5.34. The van der Waals surface area contributed by atoms with Crippen LogP contribution in [0.1, 0.15) is 29.6 Å². The molecule has 0 bridgehead atoms. The van der Waals surface area contributed by atoms with Crippen LogP contribution in [0.25, 0.3) is 0 Å². The summed E-state index contributed by atoms with van der Waals surface area (Å²) in [5, 5.41) is 9.10. The zero-order valence-electron chi connectivity index (χ0n) is 9.06. The molecule has 1 amide bonds. The third-order valence-electron chi connectivity index (χ3n) is 2.90. The predicted octanol–water partition coefficient (Wildman–Crippen LogP) is 2.12. The van der Waals surface area contributed by atoms with Crippen molar-refractivity contribution in [2.45, 2.75) is 25.3 Å².